The van der Waals surface area contributed by atoms with Crippen LogP contribution in [0.15, 0.2) is 72.8 Å². The van der Waals surface area contributed by atoms with Crippen molar-refractivity contribution >= 4 is 28.2 Å². The van der Waals surface area contributed by atoms with E-state index >= 15 is 0 Å². The summed E-state index contributed by atoms with van der Waals surface area (Å²) in [6.07, 6.45) is 2.47. The quantitative estimate of drug-likeness (QED) is 0.262. The molecule has 0 saturated carbocycles. The second-order valence-electron chi connectivity index (χ2n) is 11.7. The molecule has 2 aliphatic rings. The van der Waals surface area contributed by atoms with Crippen molar-refractivity contribution in [2.45, 2.75) is 51.3 Å². The molecule has 3 heterocycles. The van der Waals surface area contributed by atoms with Crippen molar-refractivity contribution in [2.24, 2.45) is 5.92 Å². The number of benzene rings is 3. The third-order valence-electron chi connectivity index (χ3n) is 9.10. The third-order valence-corrected chi connectivity index (χ3v) is 9.53. The fourth-order valence-electron chi connectivity index (χ4n) is 6.93. The first-order valence-electron chi connectivity index (χ1n) is 14.6. The highest BCUT2D eigenvalue weighted by Crippen LogP contribution is 2.44. The molecule has 6 rings (SSSR count). The summed E-state index contributed by atoms with van der Waals surface area (Å²) >= 11 is 5.88. The van der Waals surface area contributed by atoms with E-state index in [4.69, 9.17) is 12.2 Å². The van der Waals surface area contributed by atoms with Crippen LogP contribution in [0.2, 0.25) is 0 Å². The Kier molecular flexibility index (Phi) is 7.67. The molecule has 0 radical (unpaired) electrons. The molecule has 0 bridgehead atoms. The molecular formula is C34H40N4OS. The lowest BCUT2D eigenvalue weighted by molar-refractivity contribution is -0.0137. The molecule has 0 amide bonds. The topological polar surface area (TPSA) is 54.5 Å². The van der Waals surface area contributed by atoms with Crippen LogP contribution in [0.4, 0.5) is 0 Å². The van der Waals surface area contributed by atoms with Gasteiger partial charge in [0.25, 0.3) is 0 Å². The first-order valence-corrected chi connectivity index (χ1v) is 15.0. The van der Waals surface area contributed by atoms with Crippen LogP contribution < -0.4 is 5.32 Å². The number of aromatic nitrogens is 1. The van der Waals surface area contributed by atoms with E-state index in [0.29, 0.717) is 0 Å². The van der Waals surface area contributed by atoms with Gasteiger partial charge in [-0.3, -0.25) is 4.90 Å². The van der Waals surface area contributed by atoms with Crippen LogP contribution in [0, 0.1) is 12.8 Å². The number of aliphatic hydroxyl groups is 1. The normalized spacial score (nSPS) is 21.4. The van der Waals surface area contributed by atoms with Gasteiger partial charge in [0.05, 0.1) is 17.7 Å². The van der Waals surface area contributed by atoms with E-state index < -0.39 is 6.10 Å². The predicted molar refractivity (Wildman–Crippen MR) is 169 cm³/mol. The summed E-state index contributed by atoms with van der Waals surface area (Å²) in [5.74, 6) is 0.129. The van der Waals surface area contributed by atoms with Gasteiger partial charge in [-0.15, -0.1) is 0 Å². The lowest BCUT2D eigenvalue weighted by Gasteiger charge is -2.50. The standard InChI is InChI=1S/C34H40N4OS/c1-22-9-7-12-25(19-22)26-13-8-14-27-28-16-18-38-21-29(23(2)39)30(20-31(38)33(28)36-32(26)27)37(3)34(40)35-17-15-24-10-5-4-6-11-24/h4-14,19,23,29-31,36,39H,15-18,20-21H2,1-3H3,(H,35,40)/t23-,29-,30-,31-/m0/s1. The molecule has 5 nitrogen and oxygen atoms in total. The smallest absolute Gasteiger partial charge is 0.168 e. The minimum atomic E-state index is -0.405. The Hall–Kier alpha value is -3.19. The zero-order valence-corrected chi connectivity index (χ0v) is 24.5. The van der Waals surface area contributed by atoms with E-state index in [0.717, 1.165) is 44.0 Å². The average molecular weight is 553 g/mol. The van der Waals surface area contributed by atoms with Gasteiger partial charge in [-0.25, -0.2) is 0 Å². The molecule has 0 unspecified atom stereocenters. The molecule has 3 N–H and O–H groups in total. The first kappa shape index (κ1) is 27.0. The number of thiocarbonyl (C=S) groups is 1. The average Bonchev–Trinajstić information content (AvgIpc) is 3.36. The minimum absolute atomic E-state index is 0.129. The van der Waals surface area contributed by atoms with Crippen LogP contribution in [0.1, 0.15) is 41.8 Å². The van der Waals surface area contributed by atoms with Crippen LogP contribution in [0.25, 0.3) is 22.0 Å². The fourth-order valence-corrected chi connectivity index (χ4v) is 7.17. The Morgan fingerprint density at radius 1 is 1.12 bits per heavy atom. The molecule has 4 atom stereocenters. The second kappa shape index (κ2) is 11.4. The van der Waals surface area contributed by atoms with Crippen molar-refractivity contribution < 1.29 is 5.11 Å². The van der Waals surface area contributed by atoms with Gasteiger partial charge in [-0.2, -0.15) is 0 Å². The number of hydrogen-bond donors (Lipinski definition) is 3. The lowest BCUT2D eigenvalue weighted by atomic mass is 9.80. The van der Waals surface area contributed by atoms with Gasteiger partial charge in [0, 0.05) is 55.3 Å². The van der Waals surface area contributed by atoms with Crippen LogP contribution in [-0.4, -0.2) is 63.8 Å². The van der Waals surface area contributed by atoms with Gasteiger partial charge < -0.3 is 20.3 Å². The van der Waals surface area contributed by atoms with Gasteiger partial charge in [0.1, 0.15) is 0 Å². The highest BCUT2D eigenvalue weighted by molar-refractivity contribution is 7.80. The number of H-pyrrole nitrogens is 1. The number of nitrogens with one attached hydrogen (secondary N) is 2. The van der Waals surface area contributed by atoms with Gasteiger partial charge in [0.15, 0.2) is 5.11 Å². The maximum absolute atomic E-state index is 10.9. The largest absolute Gasteiger partial charge is 0.393 e. The number of aryl methyl sites for hydroxylation is 1. The summed E-state index contributed by atoms with van der Waals surface area (Å²) in [5, 5.41) is 16.4. The Bertz CT molecular complexity index is 1500. The second-order valence-corrected chi connectivity index (χ2v) is 12.0. The number of aromatic amines is 1. The predicted octanol–water partition coefficient (Wildman–Crippen LogP) is 5.86. The van der Waals surface area contributed by atoms with Crippen molar-refractivity contribution in [1.29, 1.82) is 0 Å². The van der Waals surface area contributed by atoms with Crippen molar-refractivity contribution in [1.82, 2.24) is 20.1 Å². The molecule has 4 aromatic rings. The van der Waals surface area contributed by atoms with Crippen LogP contribution >= 0.6 is 12.2 Å². The molecule has 2 aliphatic heterocycles. The zero-order chi connectivity index (χ0) is 27.8. The zero-order valence-electron chi connectivity index (χ0n) is 23.7. The Morgan fingerprint density at radius 2 is 1.93 bits per heavy atom. The molecule has 1 aromatic heterocycles. The summed E-state index contributed by atoms with van der Waals surface area (Å²) in [6.45, 7) is 6.76. The molecule has 3 aromatic carbocycles. The Morgan fingerprint density at radius 3 is 2.70 bits per heavy atom. The molecular weight excluding hydrogens is 512 g/mol. The monoisotopic (exact) mass is 552 g/mol. The van der Waals surface area contributed by atoms with Gasteiger partial charge in [-0.1, -0.05) is 78.4 Å². The summed E-state index contributed by atoms with van der Waals surface area (Å²) in [5.41, 5.74) is 9.11. The Balaban J connectivity index is 1.26. The van der Waals surface area contributed by atoms with Crippen LogP contribution in [0.3, 0.4) is 0 Å². The molecule has 6 heteroatoms. The number of hydrogen-bond acceptors (Lipinski definition) is 3. The van der Waals surface area contributed by atoms with Crippen molar-refractivity contribution in [3.63, 3.8) is 0 Å². The van der Waals surface area contributed by atoms with Crippen molar-refractivity contribution in [3.05, 3.63) is 95.2 Å². The lowest BCUT2D eigenvalue weighted by Crippen LogP contribution is -2.58. The van der Waals surface area contributed by atoms with E-state index in [2.05, 4.69) is 101 Å². The SMILES string of the molecule is Cc1cccc(-c2cccc3c4c([nH]c23)[C@@H]2C[C@H](N(C)C(=S)NCCc3ccccc3)[C@H]([C@H](C)O)CN2CC4)c1. The van der Waals surface area contributed by atoms with E-state index in [1.54, 1.807) is 0 Å². The maximum atomic E-state index is 10.9. The van der Waals surface area contributed by atoms with Gasteiger partial charge in [-0.05, 0) is 62.0 Å². The molecule has 0 aliphatic carbocycles. The first-order chi connectivity index (χ1) is 19.4. The fraction of sp³-hybridized carbons (Fsp3) is 0.382. The minimum Gasteiger partial charge on any atom is -0.393 e. The Labute approximate surface area is 243 Å². The number of para-hydroxylation sites is 1. The summed E-state index contributed by atoms with van der Waals surface area (Å²) in [7, 11) is 2.10. The van der Waals surface area contributed by atoms with Crippen molar-refractivity contribution in [3.8, 4) is 11.1 Å². The number of nitrogens with zero attached hydrogens (tertiary/aromatic N) is 2. The molecule has 1 fully saturated rings. The van der Waals surface area contributed by atoms with E-state index in [1.165, 1.54) is 44.4 Å². The number of fused-ring (bicyclic) bond motifs is 5. The third kappa shape index (κ3) is 5.16. The van der Waals surface area contributed by atoms with Gasteiger partial charge >= 0.3 is 0 Å². The summed E-state index contributed by atoms with van der Waals surface area (Å²) < 4.78 is 0. The highest BCUT2D eigenvalue weighted by atomic mass is 32.1. The van der Waals surface area contributed by atoms with Crippen molar-refractivity contribution in [2.75, 3.05) is 26.7 Å². The van der Waals surface area contributed by atoms with E-state index in [1.807, 2.05) is 13.0 Å². The van der Waals surface area contributed by atoms with E-state index in [-0.39, 0.29) is 18.0 Å². The summed E-state index contributed by atoms with van der Waals surface area (Å²) in [6, 6.07) is 26.4. The number of piperidine rings is 1. The molecule has 208 valence electrons. The number of rotatable bonds is 6. The van der Waals surface area contributed by atoms with Crippen LogP contribution in [-0.2, 0) is 12.8 Å². The maximum Gasteiger partial charge on any atom is 0.168 e. The highest BCUT2D eigenvalue weighted by Gasteiger charge is 2.43. The molecule has 1 saturated heterocycles. The van der Waals surface area contributed by atoms with Gasteiger partial charge in [0.2, 0.25) is 0 Å². The molecule has 40 heavy (non-hydrogen) atoms. The number of aliphatic hydroxyl groups excluding tert-OH is 1. The van der Waals surface area contributed by atoms with Crippen LogP contribution in [0.5, 0.6) is 0 Å². The summed E-state index contributed by atoms with van der Waals surface area (Å²) in [4.78, 5) is 8.71. The van der Waals surface area contributed by atoms with E-state index in [9.17, 15) is 5.11 Å². The molecule has 0 spiro atoms.